The number of imidazole rings is 1. The zero-order valence-electron chi connectivity index (χ0n) is 15.0. The van der Waals surface area contributed by atoms with Crippen molar-refractivity contribution >= 4 is 28.5 Å². The second-order valence-corrected chi connectivity index (χ2v) is 5.89. The Balaban J connectivity index is 1.59. The molecule has 146 valence electrons. The number of amides is 1. The van der Waals surface area contributed by atoms with Gasteiger partial charge in [0.15, 0.2) is 11.6 Å². The smallest absolute Gasteiger partial charge is 0.325 e. The summed E-state index contributed by atoms with van der Waals surface area (Å²) in [4.78, 5) is 30.8. The highest BCUT2D eigenvalue weighted by Crippen LogP contribution is 2.18. The molecule has 0 unspecified atom stereocenters. The third kappa shape index (κ3) is 4.75. The first kappa shape index (κ1) is 19.6. The zero-order chi connectivity index (χ0) is 20.8. The van der Waals surface area contributed by atoms with E-state index in [1.165, 1.54) is 18.2 Å². The van der Waals surface area contributed by atoms with Gasteiger partial charge in [-0.3, -0.25) is 9.59 Å². The van der Waals surface area contributed by atoms with Gasteiger partial charge >= 0.3 is 5.97 Å². The van der Waals surface area contributed by atoms with Gasteiger partial charge in [0.2, 0.25) is 0 Å². The fraction of sp³-hybridized carbons (Fsp3) is 0.100. The Morgan fingerprint density at radius 1 is 1.24 bits per heavy atom. The van der Waals surface area contributed by atoms with Crippen molar-refractivity contribution in [2.45, 2.75) is 0 Å². The molecule has 0 aliphatic rings. The monoisotopic (exact) mass is 394 g/mol. The number of benzene rings is 2. The molecule has 1 aromatic heterocycles. The lowest BCUT2D eigenvalue weighted by atomic mass is 10.2. The Morgan fingerprint density at radius 2 is 2.03 bits per heavy atom. The van der Waals surface area contributed by atoms with Crippen LogP contribution >= 0.6 is 0 Å². The Morgan fingerprint density at radius 3 is 2.76 bits per heavy atom. The molecule has 0 saturated carbocycles. The van der Waals surface area contributed by atoms with Crippen LogP contribution in [0.5, 0.6) is 0 Å². The summed E-state index contributed by atoms with van der Waals surface area (Å²) in [6.07, 6.45) is 0. The number of carbonyl (C=O) groups excluding carboxylic acids is 2. The standard InChI is InChI=1S/C20H15FN4O4/c21-13-5-3-4-12(8-13)20(28)23-10-18(27)29-11-17(26)14(9-22)19-24-15-6-1-2-7-16(15)25-19/h1-8,26H,10-11H2,(H,23,28)(H,24,25). The third-order valence-corrected chi connectivity index (χ3v) is 3.88. The number of aliphatic hydroxyl groups is 1. The van der Waals surface area contributed by atoms with E-state index in [-0.39, 0.29) is 17.0 Å². The van der Waals surface area contributed by atoms with Gasteiger partial charge in [-0.1, -0.05) is 18.2 Å². The maximum atomic E-state index is 13.1. The molecule has 0 spiro atoms. The minimum Gasteiger partial charge on any atom is -0.507 e. The van der Waals surface area contributed by atoms with Gasteiger partial charge in [-0.15, -0.1) is 0 Å². The van der Waals surface area contributed by atoms with Crippen LogP contribution in [0.15, 0.2) is 54.3 Å². The highest BCUT2D eigenvalue weighted by Gasteiger charge is 2.15. The molecule has 0 bridgehead atoms. The van der Waals surface area contributed by atoms with Gasteiger partial charge < -0.3 is 20.1 Å². The van der Waals surface area contributed by atoms with Crippen LogP contribution in [-0.2, 0) is 9.53 Å². The fourth-order valence-corrected chi connectivity index (χ4v) is 2.48. The van der Waals surface area contributed by atoms with Crippen molar-refractivity contribution in [2.24, 2.45) is 0 Å². The van der Waals surface area contributed by atoms with Gasteiger partial charge in [0.05, 0.1) is 11.0 Å². The maximum absolute atomic E-state index is 13.1. The van der Waals surface area contributed by atoms with Crippen LogP contribution in [0.25, 0.3) is 16.6 Å². The van der Waals surface area contributed by atoms with Gasteiger partial charge in [-0.25, -0.2) is 9.37 Å². The average Bonchev–Trinajstić information content (AvgIpc) is 3.14. The van der Waals surface area contributed by atoms with Gasteiger partial charge in [0.25, 0.3) is 5.91 Å². The third-order valence-electron chi connectivity index (χ3n) is 3.88. The largest absolute Gasteiger partial charge is 0.507 e. The van der Waals surface area contributed by atoms with Crippen molar-refractivity contribution in [1.82, 2.24) is 15.3 Å². The predicted octanol–water partition coefficient (Wildman–Crippen LogP) is 2.47. The molecule has 0 radical (unpaired) electrons. The summed E-state index contributed by atoms with van der Waals surface area (Å²) in [6, 6.07) is 13.9. The first-order chi connectivity index (χ1) is 14.0. The molecule has 3 rings (SSSR count). The van der Waals surface area contributed by atoms with Crippen molar-refractivity contribution < 1.29 is 23.8 Å². The Kier molecular flexibility index (Phi) is 5.85. The molecular formula is C20H15FN4O4. The van der Waals surface area contributed by atoms with Crippen molar-refractivity contribution in [2.75, 3.05) is 13.2 Å². The zero-order valence-corrected chi connectivity index (χ0v) is 15.0. The minimum absolute atomic E-state index is 0.0530. The highest BCUT2D eigenvalue weighted by molar-refractivity contribution is 5.95. The van der Waals surface area contributed by atoms with E-state index in [0.717, 1.165) is 6.07 Å². The molecule has 8 nitrogen and oxygen atoms in total. The topological polar surface area (TPSA) is 128 Å². The second kappa shape index (κ2) is 8.67. The first-order valence-corrected chi connectivity index (χ1v) is 8.44. The lowest BCUT2D eigenvalue weighted by Gasteiger charge is -2.07. The predicted molar refractivity (Wildman–Crippen MR) is 101 cm³/mol. The number of halogens is 1. The number of H-pyrrole nitrogens is 1. The van der Waals surface area contributed by atoms with E-state index >= 15 is 0 Å². The summed E-state index contributed by atoms with van der Waals surface area (Å²) in [5.74, 6) is -2.42. The number of aliphatic hydroxyl groups excluding tert-OH is 1. The first-order valence-electron chi connectivity index (χ1n) is 8.44. The summed E-state index contributed by atoms with van der Waals surface area (Å²) in [6.45, 7) is -1.07. The summed E-state index contributed by atoms with van der Waals surface area (Å²) >= 11 is 0. The Hall–Kier alpha value is -4.19. The van der Waals surface area contributed by atoms with Gasteiger partial charge in [-0.05, 0) is 30.3 Å². The Labute approximate surface area is 164 Å². The molecule has 0 saturated heterocycles. The Bertz CT molecular complexity index is 1110. The second-order valence-electron chi connectivity index (χ2n) is 5.89. The number of hydrogen-bond donors (Lipinski definition) is 3. The number of ether oxygens (including phenoxy) is 1. The van der Waals surface area contributed by atoms with Crippen LogP contribution in [0.3, 0.4) is 0 Å². The number of nitriles is 1. The van der Waals surface area contributed by atoms with E-state index in [1.807, 2.05) is 6.07 Å². The number of fused-ring (bicyclic) bond motifs is 1. The van der Waals surface area contributed by atoms with E-state index in [2.05, 4.69) is 15.3 Å². The van der Waals surface area contributed by atoms with Crippen LogP contribution in [0.4, 0.5) is 4.39 Å². The quantitative estimate of drug-likeness (QED) is 0.335. The number of rotatable bonds is 6. The van der Waals surface area contributed by atoms with Crippen molar-refractivity contribution in [3.05, 3.63) is 71.5 Å². The van der Waals surface area contributed by atoms with Gasteiger partial charge in [0, 0.05) is 5.56 Å². The molecule has 2 aromatic carbocycles. The summed E-state index contributed by atoms with van der Waals surface area (Å²) in [5, 5.41) is 21.7. The van der Waals surface area contributed by atoms with E-state index < -0.39 is 36.6 Å². The normalized spacial score (nSPS) is 11.4. The number of aromatic nitrogens is 2. The number of allylic oxidation sites excluding steroid dienone is 1. The number of esters is 1. The van der Waals surface area contributed by atoms with E-state index in [0.29, 0.717) is 11.0 Å². The molecule has 1 heterocycles. The van der Waals surface area contributed by atoms with E-state index in [4.69, 9.17) is 4.74 Å². The maximum Gasteiger partial charge on any atom is 0.325 e. The number of nitrogens with zero attached hydrogens (tertiary/aromatic N) is 2. The summed E-state index contributed by atoms with van der Waals surface area (Å²) in [5.41, 5.74) is 1.18. The number of carbonyl (C=O) groups is 2. The molecule has 3 aromatic rings. The molecule has 29 heavy (non-hydrogen) atoms. The van der Waals surface area contributed by atoms with Crippen LogP contribution in [0.2, 0.25) is 0 Å². The van der Waals surface area contributed by atoms with Crippen LogP contribution < -0.4 is 5.32 Å². The van der Waals surface area contributed by atoms with Gasteiger partial charge in [-0.2, -0.15) is 5.26 Å². The molecule has 1 amide bonds. The van der Waals surface area contributed by atoms with Crippen molar-refractivity contribution in [1.29, 1.82) is 5.26 Å². The molecule has 0 aliphatic heterocycles. The lowest BCUT2D eigenvalue weighted by Crippen LogP contribution is -2.31. The van der Waals surface area contributed by atoms with Crippen molar-refractivity contribution in [3.8, 4) is 6.07 Å². The van der Waals surface area contributed by atoms with Gasteiger partial charge in [0.1, 0.15) is 30.6 Å². The highest BCUT2D eigenvalue weighted by atomic mass is 19.1. The van der Waals surface area contributed by atoms with Crippen molar-refractivity contribution in [3.63, 3.8) is 0 Å². The van der Waals surface area contributed by atoms with E-state index in [9.17, 15) is 24.3 Å². The number of hydrogen-bond acceptors (Lipinski definition) is 6. The van der Waals surface area contributed by atoms with E-state index in [1.54, 1.807) is 24.3 Å². The number of aromatic amines is 1. The number of nitrogens with one attached hydrogen (secondary N) is 2. The SMILES string of the molecule is N#CC(=C(O)COC(=O)CNC(=O)c1cccc(F)c1)c1nc2ccccc2[nH]1. The molecule has 0 atom stereocenters. The lowest BCUT2D eigenvalue weighted by molar-refractivity contribution is -0.142. The molecule has 3 N–H and O–H groups in total. The molecule has 0 aliphatic carbocycles. The molecular weight excluding hydrogens is 379 g/mol. The summed E-state index contributed by atoms with van der Waals surface area (Å²) in [7, 11) is 0. The van der Waals surface area contributed by atoms with Crippen LogP contribution in [0.1, 0.15) is 16.2 Å². The summed E-state index contributed by atoms with van der Waals surface area (Å²) < 4.78 is 18.0. The average molecular weight is 394 g/mol. The van der Waals surface area contributed by atoms with Crippen LogP contribution in [0, 0.1) is 17.1 Å². The number of para-hydroxylation sites is 2. The van der Waals surface area contributed by atoms with Crippen LogP contribution in [-0.4, -0.2) is 40.1 Å². The fourth-order valence-electron chi connectivity index (χ4n) is 2.48. The molecule has 0 fully saturated rings. The molecule has 9 heteroatoms. The minimum atomic E-state index is -0.844.